The molecule has 0 aromatic rings. The molecule has 17 unspecified atom stereocenters. The second kappa shape index (κ2) is 76.2. The predicted molar refractivity (Wildman–Crippen MR) is 467 cm³/mol. The Morgan fingerprint density at radius 2 is 0.548 bits per heavy atom. The average molecular weight is 1640 g/mol. The lowest BCUT2D eigenvalue weighted by atomic mass is 9.96. The molecule has 3 heterocycles. The molecule has 0 aromatic carbocycles. The molecule has 1 amide bonds. The van der Waals surface area contributed by atoms with Gasteiger partial charge >= 0.3 is 0 Å². The molecule has 3 fully saturated rings. The number of hydrogen-bond acceptors (Lipinski definition) is 18. The minimum Gasteiger partial charge on any atom is -0.394 e. The van der Waals surface area contributed by atoms with E-state index < -0.39 is 124 Å². The zero-order chi connectivity index (χ0) is 83.1. The summed E-state index contributed by atoms with van der Waals surface area (Å²) in [5.74, 6) is -0.230. The second-order valence-corrected chi connectivity index (χ2v) is 35.6. The van der Waals surface area contributed by atoms with Crippen molar-refractivity contribution in [3.8, 4) is 0 Å². The topological polar surface area (TPSA) is 307 Å². The predicted octanol–water partition coefficient (Wildman–Crippen LogP) is 20.2. The smallest absolute Gasteiger partial charge is 0.220 e. The standard InChI is InChI=1S/C96H185NO18/c1-3-5-7-9-11-13-15-17-19-21-23-25-27-29-31-33-34-35-36-37-38-39-40-41-42-43-44-46-48-50-52-54-56-58-60-62-64-66-68-70-72-74-84(102)97-79(80(101)73-71-69-67-65-63-61-59-57-55-53-51-49-47-45-32-30-28-26-24-22-20-18-16-14-12-10-8-6-4-2)78-110-94-90(108)87(105)92(82(76-99)112-94)115-96-91(109)88(106)93(83(77-100)113-96)114-95-89(107)86(104)85(103)81(75-98)111-95/h21,23,79-83,85-96,98-101,103-109H,3-20,22,24-78H2,1-2H3,(H,97,102)/b23-21-. The second-order valence-electron chi connectivity index (χ2n) is 35.6. The molecule has 682 valence electrons. The Balaban J connectivity index is 1.27. The van der Waals surface area contributed by atoms with Crippen molar-refractivity contribution in [1.29, 1.82) is 0 Å². The Bertz CT molecular complexity index is 2110. The summed E-state index contributed by atoms with van der Waals surface area (Å²) in [7, 11) is 0. The normalized spacial score (nSPS) is 24.5. The third kappa shape index (κ3) is 54.0. The minimum absolute atomic E-state index is 0.230. The van der Waals surface area contributed by atoms with Gasteiger partial charge in [0.15, 0.2) is 18.9 Å². The van der Waals surface area contributed by atoms with Crippen LogP contribution in [0, 0.1) is 0 Å². The summed E-state index contributed by atoms with van der Waals surface area (Å²) in [6, 6.07) is -0.886. The summed E-state index contributed by atoms with van der Waals surface area (Å²) < 4.78 is 34.7. The summed E-state index contributed by atoms with van der Waals surface area (Å²) in [6.45, 7) is 1.89. The zero-order valence-corrected chi connectivity index (χ0v) is 74.1. The van der Waals surface area contributed by atoms with Gasteiger partial charge in [0.2, 0.25) is 5.91 Å². The van der Waals surface area contributed by atoms with Gasteiger partial charge in [-0.05, 0) is 38.5 Å². The number of ether oxygens (including phenoxy) is 6. The molecule has 12 N–H and O–H groups in total. The van der Waals surface area contributed by atoms with Crippen LogP contribution in [-0.2, 0) is 33.2 Å². The number of aliphatic hydroxyl groups excluding tert-OH is 11. The van der Waals surface area contributed by atoms with Crippen LogP contribution in [0.25, 0.3) is 0 Å². The van der Waals surface area contributed by atoms with Crippen LogP contribution in [0.1, 0.15) is 463 Å². The summed E-state index contributed by atoms with van der Waals surface area (Å²) in [4.78, 5) is 13.6. The van der Waals surface area contributed by atoms with Gasteiger partial charge in [0, 0.05) is 6.42 Å². The Labute approximate surface area is 703 Å². The van der Waals surface area contributed by atoms with Crippen LogP contribution in [0.4, 0.5) is 0 Å². The molecule has 17 atom stereocenters. The van der Waals surface area contributed by atoms with E-state index >= 15 is 0 Å². The SMILES string of the molecule is CCCCCCCCCC/C=C\CCCCCCCCCCCCCCCCCCCCCCCCCCCCCCCC(=O)NC(COC1OC(CO)C(OC2OC(CO)C(OC3OC(CO)C(O)C(O)C3O)C(O)C2O)C(O)C1O)C(O)CCCCCCCCCCCCCCCCCCCCCCCCCCCCCCC. The van der Waals surface area contributed by atoms with Crippen molar-refractivity contribution in [2.45, 2.75) is 568 Å². The van der Waals surface area contributed by atoms with Crippen molar-refractivity contribution < 1.29 is 89.4 Å². The van der Waals surface area contributed by atoms with E-state index in [1.807, 2.05) is 0 Å². The number of carbonyl (C=O) groups excluding carboxylic acids is 1. The van der Waals surface area contributed by atoms with E-state index in [1.54, 1.807) is 0 Å². The first kappa shape index (κ1) is 108. The molecule has 115 heavy (non-hydrogen) atoms. The van der Waals surface area contributed by atoms with Crippen LogP contribution in [0.3, 0.4) is 0 Å². The van der Waals surface area contributed by atoms with Gasteiger partial charge in [-0.1, -0.05) is 431 Å². The monoisotopic (exact) mass is 1640 g/mol. The Morgan fingerprint density at radius 3 is 0.843 bits per heavy atom. The molecule has 19 nitrogen and oxygen atoms in total. The van der Waals surface area contributed by atoms with Crippen LogP contribution in [0.5, 0.6) is 0 Å². The number of allylic oxidation sites excluding steroid dienone is 2. The number of carbonyl (C=O) groups is 1. The molecule has 0 saturated carbocycles. The maximum atomic E-state index is 13.6. The largest absolute Gasteiger partial charge is 0.394 e. The zero-order valence-electron chi connectivity index (χ0n) is 74.1. The molecule has 3 rings (SSSR count). The lowest BCUT2D eigenvalue weighted by Crippen LogP contribution is -2.66. The van der Waals surface area contributed by atoms with Crippen molar-refractivity contribution in [3.05, 3.63) is 12.2 Å². The first-order valence-electron chi connectivity index (χ1n) is 49.4. The molecular formula is C96H185NO18. The van der Waals surface area contributed by atoms with Gasteiger partial charge < -0.3 is 89.9 Å². The molecule has 19 heteroatoms. The maximum Gasteiger partial charge on any atom is 0.220 e. The molecule has 0 radical (unpaired) electrons. The Hall–Kier alpha value is -1.47. The van der Waals surface area contributed by atoms with Crippen LogP contribution in [0.15, 0.2) is 12.2 Å². The van der Waals surface area contributed by atoms with Crippen molar-refractivity contribution in [2.75, 3.05) is 26.4 Å². The van der Waals surface area contributed by atoms with E-state index in [2.05, 4.69) is 31.3 Å². The maximum absolute atomic E-state index is 13.6. The molecule has 0 spiro atoms. The van der Waals surface area contributed by atoms with Crippen molar-refractivity contribution >= 4 is 5.91 Å². The third-order valence-corrected chi connectivity index (χ3v) is 25.1. The molecule has 3 saturated heterocycles. The van der Waals surface area contributed by atoms with E-state index in [4.69, 9.17) is 28.4 Å². The Kier molecular flexibility index (Phi) is 71.4. The van der Waals surface area contributed by atoms with Gasteiger partial charge in [0.25, 0.3) is 0 Å². The third-order valence-electron chi connectivity index (χ3n) is 25.1. The summed E-state index contributed by atoms with van der Waals surface area (Å²) in [5.41, 5.74) is 0. The number of hydrogen-bond donors (Lipinski definition) is 12. The van der Waals surface area contributed by atoms with E-state index in [-0.39, 0.29) is 18.9 Å². The first-order valence-corrected chi connectivity index (χ1v) is 49.4. The highest BCUT2D eigenvalue weighted by molar-refractivity contribution is 5.76. The summed E-state index contributed by atoms with van der Waals surface area (Å²) in [6.07, 6.45) is 69.3. The van der Waals surface area contributed by atoms with Crippen LogP contribution in [-0.4, -0.2) is 193 Å². The molecule has 0 aromatic heterocycles. The average Bonchev–Trinajstić information content (AvgIpc) is 0.778. The van der Waals surface area contributed by atoms with E-state index in [0.29, 0.717) is 12.8 Å². The van der Waals surface area contributed by atoms with Gasteiger partial charge in [-0.25, -0.2) is 0 Å². The van der Waals surface area contributed by atoms with Crippen molar-refractivity contribution in [2.24, 2.45) is 0 Å². The number of amides is 1. The molecule has 0 aliphatic carbocycles. The first-order chi connectivity index (χ1) is 56.3. The van der Waals surface area contributed by atoms with Gasteiger partial charge in [-0.3, -0.25) is 4.79 Å². The highest BCUT2D eigenvalue weighted by Gasteiger charge is 2.54. The van der Waals surface area contributed by atoms with Gasteiger partial charge in [0.1, 0.15) is 73.2 Å². The highest BCUT2D eigenvalue weighted by Crippen LogP contribution is 2.34. The fourth-order valence-corrected chi connectivity index (χ4v) is 17.3. The van der Waals surface area contributed by atoms with Gasteiger partial charge in [-0.15, -0.1) is 0 Å². The van der Waals surface area contributed by atoms with Gasteiger partial charge in [-0.2, -0.15) is 0 Å². The molecular weight excluding hydrogens is 1460 g/mol. The van der Waals surface area contributed by atoms with Gasteiger partial charge in [0.05, 0.1) is 38.6 Å². The van der Waals surface area contributed by atoms with Crippen molar-refractivity contribution in [3.63, 3.8) is 0 Å². The van der Waals surface area contributed by atoms with Crippen LogP contribution >= 0.6 is 0 Å². The van der Waals surface area contributed by atoms with Crippen LogP contribution in [0.2, 0.25) is 0 Å². The minimum atomic E-state index is -1.97. The number of aliphatic hydroxyl groups is 11. The van der Waals surface area contributed by atoms with E-state index in [1.165, 1.54) is 385 Å². The highest BCUT2D eigenvalue weighted by atomic mass is 16.8. The molecule has 3 aliphatic rings. The Morgan fingerprint density at radius 1 is 0.304 bits per heavy atom. The van der Waals surface area contributed by atoms with Crippen molar-refractivity contribution in [1.82, 2.24) is 5.32 Å². The lowest BCUT2D eigenvalue weighted by Gasteiger charge is -2.48. The summed E-state index contributed by atoms with van der Waals surface area (Å²) >= 11 is 0. The van der Waals surface area contributed by atoms with E-state index in [9.17, 15) is 61.0 Å². The molecule has 0 bridgehead atoms. The number of nitrogens with one attached hydrogen (secondary N) is 1. The summed E-state index contributed by atoms with van der Waals surface area (Å²) in [5, 5.41) is 122. The fourth-order valence-electron chi connectivity index (χ4n) is 17.3. The number of rotatable bonds is 83. The quantitative estimate of drug-likeness (QED) is 0.0199. The van der Waals surface area contributed by atoms with E-state index in [0.717, 1.165) is 44.9 Å². The fraction of sp³-hybridized carbons (Fsp3) is 0.969. The molecule has 3 aliphatic heterocycles. The number of unbranched alkanes of at least 4 members (excludes halogenated alkanes) is 65. The van der Waals surface area contributed by atoms with Crippen LogP contribution < -0.4 is 5.32 Å². The lowest BCUT2D eigenvalue weighted by molar-refractivity contribution is -0.379.